The van der Waals surface area contributed by atoms with Crippen molar-refractivity contribution in [2.45, 2.75) is 104 Å². The van der Waals surface area contributed by atoms with Gasteiger partial charge in [-0.2, -0.15) is 0 Å². The number of rotatable bonds is 14. The van der Waals surface area contributed by atoms with Gasteiger partial charge in [0.1, 0.15) is 0 Å². The van der Waals surface area contributed by atoms with Gasteiger partial charge in [-0.15, -0.1) is 22.7 Å². The number of benzene rings is 1. The largest absolute Gasteiger partial charge is 0.128 e. The second kappa shape index (κ2) is 13.0. The molecule has 0 fully saturated rings. The van der Waals surface area contributed by atoms with Gasteiger partial charge in [-0.1, -0.05) is 78.1 Å². The third kappa shape index (κ3) is 6.56. The quantitative estimate of drug-likeness (QED) is 0.169. The molecule has 30 heavy (non-hydrogen) atoms. The molecule has 0 aliphatic heterocycles. The van der Waals surface area contributed by atoms with Gasteiger partial charge in [-0.05, 0) is 91.6 Å². The van der Waals surface area contributed by atoms with Crippen LogP contribution in [0.1, 0.15) is 102 Å². The summed E-state index contributed by atoms with van der Waals surface area (Å²) < 4.78 is 5.63. The number of hydrogen-bond acceptors (Lipinski definition) is 2. The first-order valence-corrected chi connectivity index (χ1v) is 15.2. The number of thiophene rings is 2. The maximum atomic E-state index is 3.80. The molecular weight excluding hydrogens is 536 g/mol. The number of halogens is 2. The van der Waals surface area contributed by atoms with Gasteiger partial charge < -0.3 is 0 Å². The van der Waals surface area contributed by atoms with Crippen molar-refractivity contribution < 1.29 is 0 Å². The molecule has 1 aromatic carbocycles. The van der Waals surface area contributed by atoms with Gasteiger partial charge in [-0.3, -0.25) is 0 Å². The molecule has 0 spiro atoms. The van der Waals surface area contributed by atoms with Crippen LogP contribution in [-0.2, 0) is 12.8 Å². The predicted octanol–water partition coefficient (Wildman–Crippen LogP) is 11.4. The summed E-state index contributed by atoms with van der Waals surface area (Å²) in [6.45, 7) is 4.59. The van der Waals surface area contributed by atoms with E-state index in [1.54, 1.807) is 11.1 Å². The minimum absolute atomic E-state index is 1.21. The van der Waals surface area contributed by atoms with Crippen molar-refractivity contribution in [2.24, 2.45) is 0 Å². The van der Waals surface area contributed by atoms with E-state index in [-0.39, 0.29) is 0 Å². The average Bonchev–Trinajstić information content (AvgIpc) is 3.30. The van der Waals surface area contributed by atoms with E-state index in [1.165, 1.54) is 118 Å². The van der Waals surface area contributed by atoms with Crippen LogP contribution in [0.25, 0.3) is 20.2 Å². The lowest BCUT2D eigenvalue weighted by molar-refractivity contribution is 0.608. The van der Waals surface area contributed by atoms with Gasteiger partial charge in [0.15, 0.2) is 0 Å². The highest BCUT2D eigenvalue weighted by Gasteiger charge is 2.18. The molecule has 166 valence electrons. The Labute approximate surface area is 208 Å². The Balaban J connectivity index is 1.81. The monoisotopic (exact) mass is 570 g/mol. The van der Waals surface area contributed by atoms with Crippen molar-refractivity contribution in [3.05, 3.63) is 30.8 Å². The topological polar surface area (TPSA) is 0 Å². The lowest BCUT2D eigenvalue weighted by Crippen LogP contribution is -1.93. The molecule has 4 heteroatoms. The van der Waals surface area contributed by atoms with E-state index in [2.05, 4.69) is 57.8 Å². The SMILES string of the molecule is CCCCCCCCc1c2cc(Br)sc2c(CCCCCCCC)c2cc(Br)sc12. The minimum atomic E-state index is 1.21. The second-order valence-electron chi connectivity index (χ2n) is 8.58. The summed E-state index contributed by atoms with van der Waals surface area (Å²) in [4.78, 5) is 0. The zero-order chi connectivity index (χ0) is 21.3. The second-order valence-corrected chi connectivity index (χ2v) is 13.4. The first kappa shape index (κ1) is 24.7. The van der Waals surface area contributed by atoms with Crippen molar-refractivity contribution in [1.29, 1.82) is 0 Å². The number of aryl methyl sites for hydroxylation is 2. The van der Waals surface area contributed by atoms with Crippen molar-refractivity contribution in [3.63, 3.8) is 0 Å². The van der Waals surface area contributed by atoms with Crippen LogP contribution in [0.3, 0.4) is 0 Å². The molecule has 2 aromatic heterocycles. The fourth-order valence-corrected chi connectivity index (χ4v) is 7.95. The van der Waals surface area contributed by atoms with Gasteiger partial charge in [0.05, 0.1) is 7.57 Å². The molecule has 0 radical (unpaired) electrons. The molecule has 0 N–H and O–H groups in total. The summed E-state index contributed by atoms with van der Waals surface area (Å²) >= 11 is 11.5. The smallest absolute Gasteiger partial charge is 0.0711 e. The summed E-state index contributed by atoms with van der Waals surface area (Å²) in [5.74, 6) is 0. The van der Waals surface area contributed by atoms with Crippen LogP contribution in [0.15, 0.2) is 19.7 Å². The van der Waals surface area contributed by atoms with Crippen LogP contribution in [-0.4, -0.2) is 0 Å². The highest BCUT2D eigenvalue weighted by molar-refractivity contribution is 9.11. The first-order valence-electron chi connectivity index (χ1n) is 12.0. The van der Waals surface area contributed by atoms with E-state index < -0.39 is 0 Å². The third-order valence-electron chi connectivity index (χ3n) is 6.16. The van der Waals surface area contributed by atoms with Crippen LogP contribution in [0.5, 0.6) is 0 Å². The molecular formula is C26H36Br2S2. The van der Waals surface area contributed by atoms with E-state index in [9.17, 15) is 0 Å². The van der Waals surface area contributed by atoms with Crippen molar-refractivity contribution in [2.75, 3.05) is 0 Å². The summed E-state index contributed by atoms with van der Waals surface area (Å²) in [5.41, 5.74) is 3.19. The molecule has 0 unspecified atom stereocenters. The lowest BCUT2D eigenvalue weighted by atomic mass is 9.95. The van der Waals surface area contributed by atoms with Gasteiger partial charge in [-0.25, -0.2) is 0 Å². The Hall–Kier alpha value is 0.1000. The fourth-order valence-electron chi connectivity index (χ4n) is 4.52. The molecule has 2 heterocycles. The van der Waals surface area contributed by atoms with Crippen LogP contribution in [0.2, 0.25) is 0 Å². The number of unbranched alkanes of at least 4 members (excludes halogenated alkanes) is 10. The zero-order valence-electron chi connectivity index (χ0n) is 18.6. The van der Waals surface area contributed by atoms with Gasteiger partial charge >= 0.3 is 0 Å². The zero-order valence-corrected chi connectivity index (χ0v) is 23.4. The normalized spacial score (nSPS) is 11.9. The van der Waals surface area contributed by atoms with Crippen molar-refractivity contribution in [3.8, 4) is 0 Å². The molecule has 3 rings (SSSR count). The van der Waals surface area contributed by atoms with Gasteiger partial charge in [0, 0.05) is 9.40 Å². The molecule has 0 bridgehead atoms. The highest BCUT2D eigenvalue weighted by Crippen LogP contribution is 2.45. The predicted molar refractivity (Wildman–Crippen MR) is 147 cm³/mol. The average molecular weight is 573 g/mol. The van der Waals surface area contributed by atoms with Gasteiger partial charge in [0.25, 0.3) is 0 Å². The maximum Gasteiger partial charge on any atom is 0.0711 e. The minimum Gasteiger partial charge on any atom is -0.128 e. The standard InChI is InChI=1S/C26H36Br2S2/c1-3-5-7-9-11-13-15-19-21-17-23(27)30-26(21)20(16-14-12-10-8-6-4-2)22-18-24(28)29-25(19)22/h17-18H,3-16H2,1-2H3. The molecule has 0 atom stereocenters. The molecule has 0 aliphatic rings. The summed E-state index contributed by atoms with van der Waals surface area (Å²) in [5, 5.41) is 3.03. The Morgan fingerprint density at radius 2 is 0.933 bits per heavy atom. The Morgan fingerprint density at radius 1 is 0.567 bits per heavy atom. The van der Waals surface area contributed by atoms with Crippen molar-refractivity contribution in [1.82, 2.24) is 0 Å². The first-order chi connectivity index (χ1) is 14.7. The molecule has 3 aromatic rings. The number of fused-ring (bicyclic) bond motifs is 2. The van der Waals surface area contributed by atoms with E-state index in [0.29, 0.717) is 0 Å². The van der Waals surface area contributed by atoms with E-state index in [0.717, 1.165) is 0 Å². The summed E-state index contributed by atoms with van der Waals surface area (Å²) in [6.07, 6.45) is 18.8. The maximum absolute atomic E-state index is 3.80. The summed E-state index contributed by atoms with van der Waals surface area (Å²) in [6, 6.07) is 4.79. The van der Waals surface area contributed by atoms with Crippen molar-refractivity contribution >= 4 is 74.7 Å². The Bertz CT molecular complexity index is 794. The van der Waals surface area contributed by atoms with E-state index >= 15 is 0 Å². The van der Waals surface area contributed by atoms with E-state index in [4.69, 9.17) is 0 Å². The molecule has 0 nitrogen and oxygen atoms in total. The fraction of sp³-hybridized carbons (Fsp3) is 0.615. The molecule has 0 aliphatic carbocycles. The molecule has 0 saturated carbocycles. The van der Waals surface area contributed by atoms with E-state index in [1.807, 2.05) is 22.7 Å². The lowest BCUT2D eigenvalue weighted by Gasteiger charge is -2.12. The number of hydrogen-bond donors (Lipinski definition) is 0. The van der Waals surface area contributed by atoms with Crippen LogP contribution in [0.4, 0.5) is 0 Å². The summed E-state index contributed by atoms with van der Waals surface area (Å²) in [7, 11) is 0. The van der Waals surface area contributed by atoms with Gasteiger partial charge in [0.2, 0.25) is 0 Å². The molecule has 0 saturated heterocycles. The Morgan fingerprint density at radius 3 is 1.33 bits per heavy atom. The molecule has 0 amide bonds. The van der Waals surface area contributed by atoms with Crippen LogP contribution < -0.4 is 0 Å². The van der Waals surface area contributed by atoms with Crippen LogP contribution in [0, 0.1) is 0 Å². The third-order valence-corrected chi connectivity index (χ3v) is 9.56. The highest BCUT2D eigenvalue weighted by atomic mass is 79.9. The Kier molecular flexibility index (Phi) is 10.7. The van der Waals surface area contributed by atoms with Crippen LogP contribution >= 0.6 is 54.5 Å².